The lowest BCUT2D eigenvalue weighted by Gasteiger charge is -2.13. The maximum absolute atomic E-state index is 8.87. The van der Waals surface area contributed by atoms with E-state index >= 15 is 0 Å². The van der Waals surface area contributed by atoms with E-state index in [2.05, 4.69) is 6.58 Å². The minimum Gasteiger partial charge on any atom is -0.395 e. The second kappa shape index (κ2) is 3.85. The van der Waals surface area contributed by atoms with Gasteiger partial charge in [-0.1, -0.05) is 6.08 Å². The summed E-state index contributed by atoms with van der Waals surface area (Å²) in [5.74, 6) is 0. The van der Waals surface area contributed by atoms with Gasteiger partial charge in [-0.25, -0.2) is 0 Å². The molecule has 0 aromatic carbocycles. The summed E-state index contributed by atoms with van der Waals surface area (Å²) in [7, 11) is 1.85. The fraction of sp³-hybridized carbons (Fsp3) is 0.750. The number of rotatable bonds is 3. The topological polar surface area (TPSA) is 32.7 Å². The number of hydrogen-bond donors (Lipinski definition) is 1. The molecule has 1 aliphatic heterocycles. The second-order valence-electron chi connectivity index (χ2n) is 2.87. The normalized spacial score (nSPS) is 32.5. The molecule has 64 valence electrons. The molecule has 1 fully saturated rings. The summed E-state index contributed by atoms with van der Waals surface area (Å²) in [6.07, 6.45) is 3.83. The van der Waals surface area contributed by atoms with Gasteiger partial charge in [0.2, 0.25) is 0 Å². The molecule has 3 heteroatoms. The highest BCUT2D eigenvalue weighted by molar-refractivity contribution is 4.81. The average Bonchev–Trinajstić information content (AvgIpc) is 2.32. The van der Waals surface area contributed by atoms with Gasteiger partial charge in [0, 0.05) is 7.05 Å². The SMILES string of the molecule is C=CCC1CC(CO)N(C)O1. The molecule has 0 bridgehead atoms. The van der Waals surface area contributed by atoms with Gasteiger partial charge in [0.1, 0.15) is 0 Å². The van der Waals surface area contributed by atoms with Crippen LogP contribution in [0.5, 0.6) is 0 Å². The van der Waals surface area contributed by atoms with E-state index in [1.54, 1.807) is 5.06 Å². The number of likely N-dealkylation sites (N-methyl/N-ethyl adjacent to an activating group) is 1. The molecular formula is C8H15NO2. The first-order valence-electron chi connectivity index (χ1n) is 3.89. The van der Waals surface area contributed by atoms with Crippen LogP contribution in [0.2, 0.25) is 0 Å². The lowest BCUT2D eigenvalue weighted by Crippen LogP contribution is -2.26. The predicted octanol–water partition coefficient (Wildman–Crippen LogP) is 0.559. The average molecular weight is 157 g/mol. The number of aliphatic hydroxyl groups is 1. The summed E-state index contributed by atoms with van der Waals surface area (Å²) >= 11 is 0. The van der Waals surface area contributed by atoms with E-state index in [1.807, 2.05) is 13.1 Å². The first kappa shape index (κ1) is 8.71. The van der Waals surface area contributed by atoms with Gasteiger partial charge in [-0.2, -0.15) is 5.06 Å². The molecule has 11 heavy (non-hydrogen) atoms. The molecule has 0 amide bonds. The van der Waals surface area contributed by atoms with Gasteiger partial charge in [-0.15, -0.1) is 6.58 Å². The fourth-order valence-corrected chi connectivity index (χ4v) is 1.33. The number of nitrogens with zero attached hydrogens (tertiary/aromatic N) is 1. The van der Waals surface area contributed by atoms with Crippen LogP contribution in [0.1, 0.15) is 12.8 Å². The molecule has 0 aliphatic carbocycles. The van der Waals surface area contributed by atoms with Crippen molar-refractivity contribution in [3.8, 4) is 0 Å². The minimum atomic E-state index is 0.167. The van der Waals surface area contributed by atoms with E-state index in [1.165, 1.54) is 0 Å². The zero-order valence-corrected chi connectivity index (χ0v) is 6.86. The van der Waals surface area contributed by atoms with Crippen LogP contribution in [0.3, 0.4) is 0 Å². The third-order valence-corrected chi connectivity index (χ3v) is 2.00. The van der Waals surface area contributed by atoms with Crippen LogP contribution < -0.4 is 0 Å². The first-order valence-corrected chi connectivity index (χ1v) is 3.89. The lowest BCUT2D eigenvalue weighted by molar-refractivity contribution is -0.146. The minimum absolute atomic E-state index is 0.167. The molecule has 0 saturated carbocycles. The van der Waals surface area contributed by atoms with Crippen LogP contribution in [0.4, 0.5) is 0 Å². The van der Waals surface area contributed by atoms with Crippen molar-refractivity contribution in [1.29, 1.82) is 0 Å². The van der Waals surface area contributed by atoms with Crippen LogP contribution >= 0.6 is 0 Å². The van der Waals surface area contributed by atoms with Gasteiger partial charge in [0.05, 0.1) is 18.8 Å². The maximum atomic E-state index is 8.87. The Hall–Kier alpha value is -0.380. The molecule has 0 radical (unpaired) electrons. The summed E-state index contributed by atoms with van der Waals surface area (Å²) in [4.78, 5) is 5.41. The summed E-state index contributed by atoms with van der Waals surface area (Å²) in [6.45, 7) is 3.81. The first-order chi connectivity index (χ1) is 5.27. The molecule has 1 aliphatic rings. The Bertz CT molecular complexity index is 138. The highest BCUT2D eigenvalue weighted by Crippen LogP contribution is 2.20. The third kappa shape index (κ3) is 2.02. The van der Waals surface area contributed by atoms with Crippen molar-refractivity contribution >= 4 is 0 Å². The molecule has 1 saturated heterocycles. The molecule has 0 aromatic rings. The Kier molecular flexibility index (Phi) is 3.05. The summed E-state index contributed by atoms with van der Waals surface area (Å²) in [5, 5.41) is 10.6. The summed E-state index contributed by atoms with van der Waals surface area (Å²) in [6, 6.07) is 0.167. The molecule has 3 nitrogen and oxygen atoms in total. The van der Waals surface area contributed by atoms with E-state index < -0.39 is 0 Å². The van der Waals surface area contributed by atoms with Crippen LogP contribution in [0, 0.1) is 0 Å². The van der Waals surface area contributed by atoms with E-state index in [-0.39, 0.29) is 18.8 Å². The number of hydrogen-bond acceptors (Lipinski definition) is 3. The quantitative estimate of drug-likeness (QED) is 0.607. The van der Waals surface area contributed by atoms with E-state index in [0.29, 0.717) is 0 Å². The van der Waals surface area contributed by atoms with Crippen molar-refractivity contribution in [3.63, 3.8) is 0 Å². The molecule has 1 heterocycles. The van der Waals surface area contributed by atoms with E-state index in [4.69, 9.17) is 9.94 Å². The Morgan fingerprint density at radius 2 is 2.55 bits per heavy atom. The van der Waals surface area contributed by atoms with Crippen molar-refractivity contribution in [2.75, 3.05) is 13.7 Å². The zero-order valence-electron chi connectivity index (χ0n) is 6.86. The van der Waals surface area contributed by atoms with Crippen molar-refractivity contribution in [1.82, 2.24) is 5.06 Å². The standard InChI is InChI=1S/C8H15NO2/c1-3-4-8-5-7(6-10)9(2)11-8/h3,7-8,10H,1,4-6H2,2H3. The summed E-state index contributed by atoms with van der Waals surface area (Å²) < 4.78 is 0. The highest BCUT2D eigenvalue weighted by Gasteiger charge is 2.28. The fourth-order valence-electron chi connectivity index (χ4n) is 1.33. The lowest BCUT2D eigenvalue weighted by atomic mass is 10.1. The Morgan fingerprint density at radius 1 is 1.82 bits per heavy atom. The van der Waals surface area contributed by atoms with Crippen LogP contribution in [-0.4, -0.2) is 36.0 Å². The third-order valence-electron chi connectivity index (χ3n) is 2.00. The highest BCUT2D eigenvalue weighted by atomic mass is 16.7. The second-order valence-corrected chi connectivity index (χ2v) is 2.87. The Labute approximate surface area is 67.2 Å². The van der Waals surface area contributed by atoms with Crippen molar-refractivity contribution in [2.45, 2.75) is 25.0 Å². The molecule has 2 unspecified atom stereocenters. The largest absolute Gasteiger partial charge is 0.395 e. The van der Waals surface area contributed by atoms with Crippen molar-refractivity contribution in [2.24, 2.45) is 0 Å². The molecule has 2 atom stereocenters. The number of hydroxylamine groups is 2. The van der Waals surface area contributed by atoms with Crippen LogP contribution in [0.25, 0.3) is 0 Å². The van der Waals surface area contributed by atoms with Gasteiger partial charge < -0.3 is 5.11 Å². The van der Waals surface area contributed by atoms with Gasteiger partial charge in [-0.3, -0.25) is 4.84 Å². The molecule has 1 N–H and O–H groups in total. The Balaban J connectivity index is 2.36. The summed E-state index contributed by atoms with van der Waals surface area (Å²) in [5.41, 5.74) is 0. The van der Waals surface area contributed by atoms with Crippen LogP contribution in [-0.2, 0) is 4.84 Å². The van der Waals surface area contributed by atoms with E-state index in [0.717, 1.165) is 12.8 Å². The number of aliphatic hydroxyl groups excluding tert-OH is 1. The van der Waals surface area contributed by atoms with Crippen LogP contribution in [0.15, 0.2) is 12.7 Å². The monoisotopic (exact) mass is 157 g/mol. The van der Waals surface area contributed by atoms with Gasteiger partial charge in [0.25, 0.3) is 0 Å². The zero-order chi connectivity index (χ0) is 8.27. The van der Waals surface area contributed by atoms with Gasteiger partial charge >= 0.3 is 0 Å². The molecule has 0 aromatic heterocycles. The van der Waals surface area contributed by atoms with Gasteiger partial charge in [-0.05, 0) is 12.8 Å². The molecule has 1 rings (SSSR count). The maximum Gasteiger partial charge on any atom is 0.0844 e. The smallest absolute Gasteiger partial charge is 0.0844 e. The van der Waals surface area contributed by atoms with Gasteiger partial charge in [0.15, 0.2) is 0 Å². The molecule has 0 spiro atoms. The van der Waals surface area contributed by atoms with E-state index in [9.17, 15) is 0 Å². The Morgan fingerprint density at radius 3 is 3.00 bits per heavy atom. The molecular weight excluding hydrogens is 142 g/mol. The van der Waals surface area contributed by atoms with Crippen molar-refractivity contribution in [3.05, 3.63) is 12.7 Å². The van der Waals surface area contributed by atoms with Crippen molar-refractivity contribution < 1.29 is 9.94 Å². The predicted molar refractivity (Wildman–Crippen MR) is 42.9 cm³/mol.